The molecule has 0 aliphatic heterocycles. The second-order valence-corrected chi connectivity index (χ2v) is 4.24. The monoisotopic (exact) mass is 245 g/mol. The van der Waals surface area contributed by atoms with Gasteiger partial charge < -0.3 is 21.6 Å². The van der Waals surface area contributed by atoms with E-state index in [-0.39, 0.29) is 18.7 Å². The first-order chi connectivity index (χ1) is 7.81. The maximum absolute atomic E-state index is 13.6. The normalized spacial score (nSPS) is 16.0. The van der Waals surface area contributed by atoms with E-state index in [4.69, 9.17) is 16.2 Å². The Bertz CT molecular complexity index is 314. The smallest absolute Gasteiger partial charge is 0.323 e. The summed E-state index contributed by atoms with van der Waals surface area (Å²) in [4.78, 5) is 10.7. The average Bonchev–Trinajstić information content (AvgIpc) is 2.26. The van der Waals surface area contributed by atoms with Crippen LogP contribution < -0.4 is 11.1 Å². The molecule has 0 radical (unpaired) electrons. The Hall–Kier alpha value is -1.27. The molecule has 0 saturated carbocycles. The summed E-state index contributed by atoms with van der Waals surface area (Å²) in [6.07, 6.45) is 1.25. The molecule has 0 spiro atoms. The standard InChI is InChI=1S/C11H20FN3O2/c1-8(7-15-6-5-13)9(12)3-4-11(2,14)10(16)17/h5,13,15H,3-4,6-7,14H2,1-2H3,(H,16,17)/b9-8-,13-5?/t11-/m0/s1. The quantitative estimate of drug-likeness (QED) is 0.379. The van der Waals surface area contributed by atoms with Crippen LogP contribution in [0.25, 0.3) is 0 Å². The van der Waals surface area contributed by atoms with E-state index in [1.165, 1.54) is 13.1 Å². The van der Waals surface area contributed by atoms with E-state index in [0.717, 1.165) is 0 Å². The minimum Gasteiger partial charge on any atom is -0.480 e. The molecule has 6 heteroatoms. The van der Waals surface area contributed by atoms with Gasteiger partial charge in [0, 0.05) is 25.7 Å². The Labute approximate surface area is 100 Å². The van der Waals surface area contributed by atoms with Gasteiger partial charge >= 0.3 is 5.97 Å². The molecule has 0 rings (SSSR count). The summed E-state index contributed by atoms with van der Waals surface area (Å²) in [6, 6.07) is 0. The van der Waals surface area contributed by atoms with Crippen molar-refractivity contribution < 1.29 is 14.3 Å². The van der Waals surface area contributed by atoms with Crippen LogP contribution in [0, 0.1) is 5.41 Å². The SMILES string of the molecule is C/C(CNCC=N)=C(/F)CC[C@](C)(N)C(=O)O. The predicted molar refractivity (Wildman–Crippen MR) is 64.9 cm³/mol. The van der Waals surface area contributed by atoms with Gasteiger partial charge in [0.2, 0.25) is 0 Å². The van der Waals surface area contributed by atoms with Crippen molar-refractivity contribution in [3.8, 4) is 0 Å². The van der Waals surface area contributed by atoms with Gasteiger partial charge in [-0.3, -0.25) is 4.79 Å². The molecule has 0 bridgehead atoms. The molecule has 0 saturated heterocycles. The van der Waals surface area contributed by atoms with Gasteiger partial charge in [-0.15, -0.1) is 0 Å². The Balaban J connectivity index is 4.23. The van der Waals surface area contributed by atoms with Crippen molar-refractivity contribution in [1.29, 1.82) is 5.41 Å². The maximum Gasteiger partial charge on any atom is 0.323 e. The number of allylic oxidation sites excluding steroid dienone is 1. The lowest BCUT2D eigenvalue weighted by Gasteiger charge is -2.18. The summed E-state index contributed by atoms with van der Waals surface area (Å²) >= 11 is 0. The molecule has 0 amide bonds. The minimum atomic E-state index is -1.40. The molecule has 0 aliphatic carbocycles. The third-order valence-corrected chi connectivity index (χ3v) is 2.45. The number of halogens is 1. The second kappa shape index (κ2) is 7.13. The van der Waals surface area contributed by atoms with Crippen molar-refractivity contribution in [3.63, 3.8) is 0 Å². The van der Waals surface area contributed by atoms with Crippen molar-refractivity contribution in [3.05, 3.63) is 11.4 Å². The average molecular weight is 245 g/mol. The zero-order chi connectivity index (χ0) is 13.5. The van der Waals surface area contributed by atoms with Gasteiger partial charge in [0.25, 0.3) is 0 Å². The summed E-state index contributed by atoms with van der Waals surface area (Å²) in [5.74, 6) is -1.48. The van der Waals surface area contributed by atoms with Gasteiger partial charge in [0.1, 0.15) is 11.4 Å². The Morgan fingerprint density at radius 1 is 1.65 bits per heavy atom. The molecule has 98 valence electrons. The third-order valence-electron chi connectivity index (χ3n) is 2.45. The van der Waals surface area contributed by atoms with Gasteiger partial charge in [0.15, 0.2) is 0 Å². The van der Waals surface area contributed by atoms with E-state index in [1.54, 1.807) is 6.92 Å². The van der Waals surface area contributed by atoms with E-state index in [9.17, 15) is 9.18 Å². The topological polar surface area (TPSA) is 99.2 Å². The summed E-state index contributed by atoms with van der Waals surface area (Å²) < 4.78 is 13.6. The van der Waals surface area contributed by atoms with Gasteiger partial charge in [-0.25, -0.2) is 4.39 Å². The van der Waals surface area contributed by atoms with Crippen LogP contribution >= 0.6 is 0 Å². The highest BCUT2D eigenvalue weighted by Crippen LogP contribution is 2.18. The predicted octanol–water partition coefficient (Wildman–Crippen LogP) is 1.05. The molecule has 17 heavy (non-hydrogen) atoms. The zero-order valence-corrected chi connectivity index (χ0v) is 10.2. The van der Waals surface area contributed by atoms with Crippen molar-refractivity contribution in [1.82, 2.24) is 5.32 Å². The first-order valence-corrected chi connectivity index (χ1v) is 5.37. The van der Waals surface area contributed by atoms with Gasteiger partial charge in [0.05, 0.1) is 0 Å². The fourth-order valence-corrected chi connectivity index (χ4v) is 1.12. The number of nitrogens with one attached hydrogen (secondary N) is 2. The number of carboxylic acids is 1. The largest absolute Gasteiger partial charge is 0.480 e. The Kier molecular flexibility index (Phi) is 6.60. The zero-order valence-electron chi connectivity index (χ0n) is 10.2. The molecular formula is C11H20FN3O2. The summed E-state index contributed by atoms with van der Waals surface area (Å²) in [7, 11) is 0. The van der Waals surface area contributed by atoms with Crippen LogP contribution in [0.15, 0.2) is 11.4 Å². The number of rotatable bonds is 8. The summed E-state index contributed by atoms with van der Waals surface area (Å²) in [5.41, 5.74) is 4.60. The molecule has 0 aromatic rings. The Morgan fingerprint density at radius 2 is 2.24 bits per heavy atom. The van der Waals surface area contributed by atoms with E-state index >= 15 is 0 Å². The number of nitrogens with two attached hydrogens (primary N) is 1. The van der Waals surface area contributed by atoms with Crippen LogP contribution in [0.5, 0.6) is 0 Å². The van der Waals surface area contributed by atoms with Crippen LogP contribution in [-0.2, 0) is 4.79 Å². The van der Waals surface area contributed by atoms with Crippen molar-refractivity contribution in [2.75, 3.05) is 13.1 Å². The van der Waals surface area contributed by atoms with Gasteiger partial charge in [-0.05, 0) is 25.8 Å². The highest BCUT2D eigenvalue weighted by atomic mass is 19.1. The lowest BCUT2D eigenvalue weighted by atomic mass is 9.96. The molecule has 0 heterocycles. The van der Waals surface area contributed by atoms with E-state index < -0.39 is 11.5 Å². The van der Waals surface area contributed by atoms with E-state index in [1.807, 2.05) is 0 Å². The van der Waals surface area contributed by atoms with Crippen molar-refractivity contribution >= 4 is 12.2 Å². The molecular weight excluding hydrogens is 225 g/mol. The van der Waals surface area contributed by atoms with Crippen molar-refractivity contribution in [2.45, 2.75) is 32.2 Å². The lowest BCUT2D eigenvalue weighted by Crippen LogP contribution is -2.44. The van der Waals surface area contributed by atoms with E-state index in [2.05, 4.69) is 5.32 Å². The number of carbonyl (C=O) groups is 1. The number of hydrogen-bond donors (Lipinski definition) is 4. The molecule has 5 N–H and O–H groups in total. The van der Waals surface area contributed by atoms with Crippen molar-refractivity contribution in [2.24, 2.45) is 5.73 Å². The number of carboxylic acid groups (broad SMARTS) is 1. The van der Waals surface area contributed by atoms with Gasteiger partial charge in [-0.2, -0.15) is 0 Å². The van der Waals surface area contributed by atoms with Crippen LogP contribution in [0.1, 0.15) is 26.7 Å². The number of hydrogen-bond acceptors (Lipinski definition) is 4. The number of aliphatic carboxylic acids is 1. The fraction of sp³-hybridized carbons (Fsp3) is 0.636. The molecule has 0 aromatic heterocycles. The molecule has 5 nitrogen and oxygen atoms in total. The lowest BCUT2D eigenvalue weighted by molar-refractivity contribution is -0.142. The Morgan fingerprint density at radius 3 is 2.71 bits per heavy atom. The van der Waals surface area contributed by atoms with Crippen LogP contribution in [0.4, 0.5) is 4.39 Å². The van der Waals surface area contributed by atoms with E-state index in [0.29, 0.717) is 18.7 Å². The first-order valence-electron chi connectivity index (χ1n) is 5.37. The van der Waals surface area contributed by atoms with Crippen LogP contribution in [-0.4, -0.2) is 35.9 Å². The summed E-state index contributed by atoms with van der Waals surface area (Å²) in [5, 5.41) is 18.4. The summed E-state index contributed by atoms with van der Waals surface area (Å²) in [6.45, 7) is 3.72. The molecule has 0 fully saturated rings. The second-order valence-electron chi connectivity index (χ2n) is 4.24. The fourth-order valence-electron chi connectivity index (χ4n) is 1.12. The minimum absolute atomic E-state index is 0.0113. The molecule has 0 unspecified atom stereocenters. The first kappa shape index (κ1) is 15.7. The highest BCUT2D eigenvalue weighted by molar-refractivity contribution is 5.77. The molecule has 0 aromatic carbocycles. The third kappa shape index (κ3) is 6.13. The molecule has 0 aliphatic rings. The van der Waals surface area contributed by atoms with Crippen LogP contribution in [0.2, 0.25) is 0 Å². The van der Waals surface area contributed by atoms with Crippen LogP contribution in [0.3, 0.4) is 0 Å². The van der Waals surface area contributed by atoms with Gasteiger partial charge in [-0.1, -0.05) is 0 Å². The highest BCUT2D eigenvalue weighted by Gasteiger charge is 2.27. The molecule has 1 atom stereocenters. The maximum atomic E-state index is 13.6.